The van der Waals surface area contributed by atoms with Crippen LogP contribution >= 0.6 is 0 Å². The van der Waals surface area contributed by atoms with E-state index in [9.17, 15) is 0 Å². The molecule has 0 aliphatic heterocycles. The second-order valence-electron chi connectivity index (χ2n) is 0.307. The van der Waals surface area contributed by atoms with Gasteiger partial charge in [-0.3, -0.25) is 0 Å². The molecular weight excluding hydrogens is 138 g/mol. The molecule has 0 rings (SSSR count). The molecule has 4 N–H and O–H groups in total. The molecule has 4 nitrogen and oxygen atoms in total. The van der Waals surface area contributed by atoms with Crippen molar-refractivity contribution in [3.63, 3.8) is 0 Å². The van der Waals surface area contributed by atoms with Gasteiger partial charge < -0.3 is 21.2 Å². The van der Waals surface area contributed by atoms with Crippen LogP contribution in [0, 0.1) is 0 Å². The number of rotatable bonds is 0. The van der Waals surface area contributed by atoms with Gasteiger partial charge in [0.1, 0.15) is 0 Å². The van der Waals surface area contributed by atoms with Crippen LogP contribution in [0.4, 0.5) is 0 Å². The van der Waals surface area contributed by atoms with Crippen LogP contribution in [-0.2, 0) is 19.5 Å². The zero-order valence-electron chi connectivity index (χ0n) is 3.26. The third-order valence-electron chi connectivity index (χ3n) is 0. The molecule has 0 heterocycles. The van der Waals surface area contributed by atoms with E-state index in [1.54, 1.807) is 0 Å². The number of hydrogen-bond acceptors (Lipinski definition) is 4. The van der Waals surface area contributed by atoms with Crippen LogP contribution in [0.3, 0.4) is 0 Å². The molecule has 0 aliphatic carbocycles. The van der Waals surface area contributed by atoms with Crippen LogP contribution in [0.25, 0.3) is 0 Å². The molecular formula is H4BNO3Zn. The summed E-state index contributed by atoms with van der Waals surface area (Å²) in [5.41, 5.74) is 0. The van der Waals surface area contributed by atoms with Gasteiger partial charge in [-0.1, -0.05) is 0 Å². The van der Waals surface area contributed by atoms with Crippen LogP contribution in [0.5, 0.6) is 0 Å². The molecule has 0 bridgehead atoms. The van der Waals surface area contributed by atoms with E-state index in [1.807, 2.05) is 0 Å². The first-order valence-corrected chi connectivity index (χ1v) is 0.730. The molecule has 32 valence electrons. The van der Waals surface area contributed by atoms with E-state index in [0.29, 0.717) is 0 Å². The molecule has 6 heteroatoms. The summed E-state index contributed by atoms with van der Waals surface area (Å²) in [6.45, 7) is 0. The number of hydrogen-bond donors (Lipinski definition) is 2. The first-order valence-electron chi connectivity index (χ1n) is 0.730. The van der Waals surface area contributed by atoms with Crippen LogP contribution in [0.15, 0.2) is 0 Å². The molecule has 0 spiro atoms. The maximum atomic E-state index is 8.53. The van der Waals surface area contributed by atoms with Crippen molar-refractivity contribution in [1.82, 2.24) is 6.15 Å². The normalized spacial score (nSPS) is 4.50. The maximum Gasteiger partial charge on any atom is 2.00 e. The Hall–Kier alpha value is 0.528. The average molecular weight is 142 g/mol. The maximum absolute atomic E-state index is 8.53. The second-order valence-corrected chi connectivity index (χ2v) is 0.307. The Bertz CT molecular complexity index is 15.5. The molecule has 0 aliphatic rings. The third kappa shape index (κ3) is 202. The minimum atomic E-state index is -2.67. The van der Waals surface area contributed by atoms with E-state index in [1.165, 1.54) is 0 Å². The molecule has 0 aromatic heterocycles. The van der Waals surface area contributed by atoms with Crippen molar-refractivity contribution in [3.05, 3.63) is 0 Å². The summed E-state index contributed by atoms with van der Waals surface area (Å²) in [5, 5.41) is 24.0. The van der Waals surface area contributed by atoms with E-state index in [2.05, 4.69) is 0 Å². The minimum Gasteiger partial charge on any atom is -0.871 e. The van der Waals surface area contributed by atoms with Crippen molar-refractivity contribution >= 4 is 7.32 Å². The Balaban J connectivity index is -0.0000000450. The van der Waals surface area contributed by atoms with E-state index < -0.39 is 7.32 Å². The van der Waals surface area contributed by atoms with Gasteiger partial charge in [-0.25, -0.2) is 0 Å². The average Bonchev–Trinajstić information content (AvgIpc) is 0.811. The summed E-state index contributed by atoms with van der Waals surface area (Å²) in [7, 11) is -2.67. The zero-order valence-corrected chi connectivity index (χ0v) is 6.22. The topological polar surface area (TPSA) is 101 Å². The van der Waals surface area contributed by atoms with Crippen molar-refractivity contribution in [2.24, 2.45) is 0 Å². The molecule has 0 unspecified atom stereocenters. The standard InChI is InChI=1S/BHO3.H3N.Zn/c2-1(3)4;;/h2H;1H3;/q-2;;+2. The first-order chi connectivity index (χ1) is 1.73. The third-order valence-corrected chi connectivity index (χ3v) is 0. The zero-order chi connectivity index (χ0) is 3.58. The van der Waals surface area contributed by atoms with Crippen LogP contribution < -0.4 is 16.2 Å². The molecule has 0 aromatic rings. The Morgan fingerprint density at radius 3 is 1.33 bits per heavy atom. The SMILES string of the molecule is N.[O-]B([O-])O.[Zn+2]. The van der Waals surface area contributed by atoms with Crippen LogP contribution in [-0.4, -0.2) is 12.3 Å². The molecule has 0 saturated carbocycles. The van der Waals surface area contributed by atoms with Crippen LogP contribution in [0.1, 0.15) is 0 Å². The Morgan fingerprint density at radius 2 is 1.33 bits per heavy atom. The van der Waals surface area contributed by atoms with Crippen molar-refractivity contribution in [1.29, 1.82) is 0 Å². The van der Waals surface area contributed by atoms with E-state index in [0.717, 1.165) is 0 Å². The van der Waals surface area contributed by atoms with Gasteiger partial charge in [0.15, 0.2) is 0 Å². The minimum absolute atomic E-state index is 0. The first kappa shape index (κ1) is 16.0. The summed E-state index contributed by atoms with van der Waals surface area (Å²) in [6, 6.07) is 0. The molecule has 6 heavy (non-hydrogen) atoms. The quantitative estimate of drug-likeness (QED) is 0.349. The van der Waals surface area contributed by atoms with Gasteiger partial charge in [0.25, 0.3) is 0 Å². The second kappa shape index (κ2) is 9.11. The molecule has 0 fully saturated rings. The predicted molar refractivity (Wildman–Crippen MR) is 13.0 cm³/mol. The van der Waals surface area contributed by atoms with Gasteiger partial charge in [-0.05, 0) is 0 Å². The van der Waals surface area contributed by atoms with Gasteiger partial charge in [0, 0.05) is 0 Å². The van der Waals surface area contributed by atoms with Gasteiger partial charge in [-0.15, -0.1) is 0 Å². The van der Waals surface area contributed by atoms with E-state index in [-0.39, 0.29) is 25.6 Å². The molecule has 0 aromatic carbocycles. The summed E-state index contributed by atoms with van der Waals surface area (Å²) in [6.07, 6.45) is 0. The molecule has 0 amide bonds. The van der Waals surface area contributed by atoms with Crippen molar-refractivity contribution < 1.29 is 34.6 Å². The fourth-order valence-corrected chi connectivity index (χ4v) is 0. The van der Waals surface area contributed by atoms with Gasteiger partial charge >= 0.3 is 19.5 Å². The molecule has 0 saturated heterocycles. The largest absolute Gasteiger partial charge is 2.00 e. The summed E-state index contributed by atoms with van der Waals surface area (Å²) < 4.78 is 0. The molecule has 0 atom stereocenters. The summed E-state index contributed by atoms with van der Waals surface area (Å²) >= 11 is 0. The molecule has 0 radical (unpaired) electrons. The monoisotopic (exact) mass is 141 g/mol. The summed E-state index contributed by atoms with van der Waals surface area (Å²) in [5.74, 6) is 0. The Morgan fingerprint density at radius 1 is 1.33 bits per heavy atom. The fraction of sp³-hybridized carbons (Fsp3) is 0. The van der Waals surface area contributed by atoms with Crippen LogP contribution in [0.2, 0.25) is 0 Å². The smallest absolute Gasteiger partial charge is 0.871 e. The summed E-state index contributed by atoms with van der Waals surface area (Å²) in [4.78, 5) is 0. The van der Waals surface area contributed by atoms with Gasteiger partial charge in [0.05, 0.1) is 7.32 Å². The van der Waals surface area contributed by atoms with Crippen molar-refractivity contribution in [3.8, 4) is 0 Å². The van der Waals surface area contributed by atoms with E-state index >= 15 is 0 Å². The van der Waals surface area contributed by atoms with Crippen molar-refractivity contribution in [2.45, 2.75) is 0 Å². The van der Waals surface area contributed by atoms with Crippen molar-refractivity contribution in [2.75, 3.05) is 0 Å². The fourth-order valence-electron chi connectivity index (χ4n) is 0. The Labute approximate surface area is 48.7 Å². The Kier molecular flexibility index (Phi) is 24.3. The van der Waals surface area contributed by atoms with E-state index in [4.69, 9.17) is 15.1 Å². The van der Waals surface area contributed by atoms with Gasteiger partial charge in [-0.2, -0.15) is 0 Å². The van der Waals surface area contributed by atoms with Gasteiger partial charge in [0.2, 0.25) is 0 Å². The predicted octanol–water partition coefficient (Wildman–Crippen LogP) is -3.16.